The quantitative estimate of drug-likeness (QED) is 0.536. The van der Waals surface area contributed by atoms with Crippen LogP contribution >= 0.6 is 22.7 Å². The summed E-state index contributed by atoms with van der Waals surface area (Å²) in [7, 11) is 1.79. The van der Waals surface area contributed by atoms with Gasteiger partial charge in [-0.15, -0.1) is 22.7 Å². The predicted molar refractivity (Wildman–Crippen MR) is 104 cm³/mol. The number of thiazole rings is 1. The minimum absolute atomic E-state index is 0.723. The number of nitrogens with one attached hydrogen (secondary N) is 2. The van der Waals surface area contributed by atoms with Gasteiger partial charge >= 0.3 is 0 Å². The Kier molecular flexibility index (Phi) is 5.61. The lowest BCUT2D eigenvalue weighted by Crippen LogP contribution is -2.36. The van der Waals surface area contributed by atoms with Crippen LogP contribution in [0, 0.1) is 6.92 Å². The standard InChI is InChI=1S/C18H20N4S2/c1-13-16(24-17(22-13)14-7-4-3-5-8-14)12-21-18(19-2)20-11-15-9-6-10-23-15/h3-10H,11-12H2,1-2H3,(H2,19,20,21). The highest BCUT2D eigenvalue weighted by Crippen LogP contribution is 2.27. The molecule has 0 saturated carbocycles. The number of aromatic nitrogens is 1. The van der Waals surface area contributed by atoms with Gasteiger partial charge in [-0.25, -0.2) is 4.98 Å². The number of nitrogens with zero attached hydrogens (tertiary/aromatic N) is 2. The van der Waals surface area contributed by atoms with Crippen molar-refractivity contribution in [1.29, 1.82) is 0 Å². The molecule has 3 rings (SSSR count). The van der Waals surface area contributed by atoms with Crippen LogP contribution in [0.25, 0.3) is 10.6 Å². The predicted octanol–water partition coefficient (Wildman–Crippen LogP) is 4.05. The molecule has 0 unspecified atom stereocenters. The van der Waals surface area contributed by atoms with Gasteiger partial charge < -0.3 is 10.6 Å². The lowest BCUT2D eigenvalue weighted by molar-refractivity contribution is 0.818. The molecular weight excluding hydrogens is 336 g/mol. The minimum Gasteiger partial charge on any atom is -0.352 e. The summed E-state index contributed by atoms with van der Waals surface area (Å²) in [5.74, 6) is 0.803. The molecule has 0 atom stereocenters. The van der Waals surface area contributed by atoms with Gasteiger partial charge in [0.25, 0.3) is 0 Å². The van der Waals surface area contributed by atoms with E-state index in [1.807, 2.05) is 18.2 Å². The van der Waals surface area contributed by atoms with E-state index in [1.54, 1.807) is 29.7 Å². The fraction of sp³-hybridized carbons (Fsp3) is 0.222. The summed E-state index contributed by atoms with van der Waals surface area (Å²) in [6.07, 6.45) is 0. The van der Waals surface area contributed by atoms with Gasteiger partial charge in [0.15, 0.2) is 5.96 Å². The number of aliphatic imine (C=N–C) groups is 1. The van der Waals surface area contributed by atoms with Crippen LogP contribution in [0.15, 0.2) is 52.8 Å². The third-order valence-corrected chi connectivity index (χ3v) is 5.65. The molecule has 1 aromatic carbocycles. The summed E-state index contributed by atoms with van der Waals surface area (Å²) in [6.45, 7) is 3.57. The first-order valence-electron chi connectivity index (χ1n) is 7.75. The Morgan fingerprint density at radius 2 is 1.88 bits per heavy atom. The zero-order chi connectivity index (χ0) is 16.8. The fourth-order valence-electron chi connectivity index (χ4n) is 2.26. The van der Waals surface area contributed by atoms with Gasteiger partial charge in [-0.05, 0) is 18.4 Å². The molecule has 3 aromatic rings. The van der Waals surface area contributed by atoms with E-state index in [0.29, 0.717) is 0 Å². The summed E-state index contributed by atoms with van der Waals surface area (Å²) < 4.78 is 0. The van der Waals surface area contributed by atoms with Crippen LogP contribution in [-0.4, -0.2) is 18.0 Å². The van der Waals surface area contributed by atoms with E-state index in [-0.39, 0.29) is 0 Å². The minimum atomic E-state index is 0.723. The molecule has 0 bridgehead atoms. The third kappa shape index (κ3) is 4.21. The van der Waals surface area contributed by atoms with Crippen LogP contribution < -0.4 is 10.6 Å². The molecule has 2 aromatic heterocycles. The summed E-state index contributed by atoms with van der Waals surface area (Å²) >= 11 is 3.47. The molecule has 0 fully saturated rings. The molecule has 124 valence electrons. The van der Waals surface area contributed by atoms with Crippen molar-refractivity contribution in [3.8, 4) is 10.6 Å². The van der Waals surface area contributed by atoms with Gasteiger partial charge in [0.1, 0.15) is 5.01 Å². The molecule has 0 saturated heterocycles. The average Bonchev–Trinajstić information content (AvgIpc) is 3.26. The number of guanidine groups is 1. The maximum Gasteiger partial charge on any atom is 0.191 e. The van der Waals surface area contributed by atoms with E-state index in [4.69, 9.17) is 4.98 Å². The summed E-state index contributed by atoms with van der Waals surface area (Å²) in [6, 6.07) is 14.5. The maximum atomic E-state index is 4.69. The number of hydrogen-bond acceptors (Lipinski definition) is 4. The van der Waals surface area contributed by atoms with Crippen LogP contribution in [0.1, 0.15) is 15.4 Å². The Morgan fingerprint density at radius 3 is 2.58 bits per heavy atom. The Bertz CT molecular complexity index is 792. The topological polar surface area (TPSA) is 49.3 Å². The number of benzene rings is 1. The number of rotatable bonds is 5. The second-order valence-corrected chi connectivity index (χ2v) is 7.37. The number of hydrogen-bond donors (Lipinski definition) is 2. The molecule has 6 heteroatoms. The molecule has 0 aliphatic heterocycles. The van der Waals surface area contributed by atoms with E-state index < -0.39 is 0 Å². The maximum absolute atomic E-state index is 4.69. The highest BCUT2D eigenvalue weighted by atomic mass is 32.1. The van der Waals surface area contributed by atoms with Gasteiger partial charge in [-0.2, -0.15) is 0 Å². The van der Waals surface area contributed by atoms with Crippen molar-refractivity contribution >= 4 is 28.6 Å². The molecule has 24 heavy (non-hydrogen) atoms. The second-order valence-electron chi connectivity index (χ2n) is 5.25. The molecule has 0 amide bonds. The number of thiophene rings is 1. The molecule has 0 aliphatic rings. The van der Waals surface area contributed by atoms with Crippen molar-refractivity contribution in [3.05, 3.63) is 63.3 Å². The van der Waals surface area contributed by atoms with Crippen LogP contribution in [0.5, 0.6) is 0 Å². The van der Waals surface area contributed by atoms with Crippen molar-refractivity contribution in [2.45, 2.75) is 20.0 Å². The van der Waals surface area contributed by atoms with Crippen molar-refractivity contribution in [1.82, 2.24) is 15.6 Å². The molecule has 4 nitrogen and oxygen atoms in total. The first-order valence-corrected chi connectivity index (χ1v) is 9.44. The van der Waals surface area contributed by atoms with Crippen molar-refractivity contribution in [3.63, 3.8) is 0 Å². The molecule has 0 spiro atoms. The van der Waals surface area contributed by atoms with Crippen LogP contribution in [0.3, 0.4) is 0 Å². The van der Waals surface area contributed by atoms with Gasteiger partial charge in [0.05, 0.1) is 18.8 Å². The van der Waals surface area contributed by atoms with Crippen LogP contribution in [0.4, 0.5) is 0 Å². The van der Waals surface area contributed by atoms with Gasteiger partial charge in [-0.1, -0.05) is 36.4 Å². The van der Waals surface area contributed by atoms with E-state index in [2.05, 4.69) is 52.2 Å². The first-order chi connectivity index (χ1) is 11.8. The normalized spacial score (nSPS) is 11.5. The highest BCUT2D eigenvalue weighted by Gasteiger charge is 2.09. The second kappa shape index (κ2) is 8.08. The SMILES string of the molecule is CN=C(NCc1cccs1)NCc1sc(-c2ccccc2)nc1C. The third-order valence-electron chi connectivity index (χ3n) is 3.56. The lowest BCUT2D eigenvalue weighted by Gasteiger charge is -2.10. The Balaban J connectivity index is 1.60. The molecular formula is C18H20N4S2. The smallest absolute Gasteiger partial charge is 0.191 e. The fourth-order valence-corrected chi connectivity index (χ4v) is 3.92. The summed E-state index contributed by atoms with van der Waals surface area (Å²) in [5, 5.41) is 9.85. The Morgan fingerprint density at radius 1 is 1.08 bits per heavy atom. The lowest BCUT2D eigenvalue weighted by atomic mass is 10.2. The summed E-state index contributed by atoms with van der Waals surface area (Å²) in [5.41, 5.74) is 2.23. The van der Waals surface area contributed by atoms with E-state index >= 15 is 0 Å². The van der Waals surface area contributed by atoms with Crippen molar-refractivity contribution in [2.24, 2.45) is 4.99 Å². The van der Waals surface area contributed by atoms with Crippen LogP contribution in [0.2, 0.25) is 0 Å². The molecule has 2 N–H and O–H groups in total. The van der Waals surface area contributed by atoms with Gasteiger partial charge in [-0.3, -0.25) is 4.99 Å². The zero-order valence-electron chi connectivity index (χ0n) is 13.7. The largest absolute Gasteiger partial charge is 0.352 e. The van der Waals surface area contributed by atoms with Crippen molar-refractivity contribution in [2.75, 3.05) is 7.05 Å². The monoisotopic (exact) mass is 356 g/mol. The first kappa shape index (κ1) is 16.7. The van der Waals surface area contributed by atoms with Crippen LogP contribution in [-0.2, 0) is 13.1 Å². The molecule has 0 aliphatic carbocycles. The zero-order valence-corrected chi connectivity index (χ0v) is 15.4. The highest BCUT2D eigenvalue weighted by molar-refractivity contribution is 7.15. The van der Waals surface area contributed by atoms with Gasteiger partial charge in [0.2, 0.25) is 0 Å². The molecule has 0 radical (unpaired) electrons. The van der Waals surface area contributed by atoms with E-state index in [0.717, 1.165) is 35.3 Å². The average molecular weight is 357 g/mol. The van der Waals surface area contributed by atoms with Gasteiger partial charge in [0, 0.05) is 22.4 Å². The number of aryl methyl sites for hydroxylation is 1. The van der Waals surface area contributed by atoms with E-state index in [1.165, 1.54) is 9.75 Å². The molecule has 2 heterocycles. The Hall–Kier alpha value is -2.18. The summed E-state index contributed by atoms with van der Waals surface area (Å²) in [4.78, 5) is 11.5. The Labute approximate surface area is 150 Å². The van der Waals surface area contributed by atoms with E-state index in [9.17, 15) is 0 Å². The van der Waals surface area contributed by atoms with Crippen molar-refractivity contribution < 1.29 is 0 Å².